The first-order valence-electron chi connectivity index (χ1n) is 4.57. The van der Waals surface area contributed by atoms with E-state index < -0.39 is 5.97 Å². The average Bonchev–Trinajstić information content (AvgIpc) is 3.02. The summed E-state index contributed by atoms with van der Waals surface area (Å²) in [7, 11) is 0. The van der Waals surface area contributed by atoms with Crippen molar-refractivity contribution < 1.29 is 19.4 Å². The van der Waals surface area contributed by atoms with Gasteiger partial charge in [0.25, 0.3) is 0 Å². The van der Waals surface area contributed by atoms with Crippen molar-refractivity contribution in [3.8, 4) is 5.75 Å². The number of carboxylic acids is 1. The summed E-state index contributed by atoms with van der Waals surface area (Å²) in [6, 6.07) is 2.91. The highest BCUT2D eigenvalue weighted by molar-refractivity contribution is 5.89. The van der Waals surface area contributed by atoms with Gasteiger partial charge in [-0.05, 0) is 25.0 Å². The highest BCUT2D eigenvalue weighted by Gasteiger charge is 2.26. The van der Waals surface area contributed by atoms with Crippen molar-refractivity contribution in [3.05, 3.63) is 23.5 Å². The topological polar surface area (TPSA) is 76.5 Å². The molecule has 78 valence electrons. The van der Waals surface area contributed by atoms with Crippen molar-refractivity contribution in [2.24, 2.45) is 0 Å². The van der Waals surface area contributed by atoms with Crippen LogP contribution in [0.3, 0.4) is 0 Å². The number of carbonyl (C=O) groups is 2. The SMILES string of the molecule is O=Cc1ccc(OC2CC2)c(C(=O)O)n1. The van der Waals surface area contributed by atoms with Crippen molar-refractivity contribution in [1.82, 2.24) is 4.98 Å². The summed E-state index contributed by atoms with van der Waals surface area (Å²) in [6.45, 7) is 0. The van der Waals surface area contributed by atoms with E-state index in [2.05, 4.69) is 4.98 Å². The van der Waals surface area contributed by atoms with Gasteiger partial charge in [-0.1, -0.05) is 0 Å². The zero-order valence-electron chi connectivity index (χ0n) is 7.84. The number of aromatic carboxylic acids is 1. The number of hydrogen-bond acceptors (Lipinski definition) is 4. The maximum Gasteiger partial charge on any atom is 0.358 e. The Bertz CT molecular complexity index is 412. The Labute approximate surface area is 85.7 Å². The molecule has 0 radical (unpaired) electrons. The highest BCUT2D eigenvalue weighted by atomic mass is 16.5. The summed E-state index contributed by atoms with van der Waals surface area (Å²) >= 11 is 0. The van der Waals surface area contributed by atoms with Crippen LogP contribution in [0.2, 0.25) is 0 Å². The Kier molecular flexibility index (Phi) is 2.37. The van der Waals surface area contributed by atoms with Crippen LogP contribution in [0, 0.1) is 0 Å². The first-order chi connectivity index (χ1) is 7.20. The molecule has 0 aliphatic heterocycles. The lowest BCUT2D eigenvalue weighted by Crippen LogP contribution is -2.08. The Morgan fingerprint density at radius 3 is 2.80 bits per heavy atom. The van der Waals surface area contributed by atoms with Gasteiger partial charge >= 0.3 is 5.97 Å². The number of pyridine rings is 1. The molecule has 1 aliphatic carbocycles. The maximum absolute atomic E-state index is 10.8. The van der Waals surface area contributed by atoms with Crippen LogP contribution in [0.4, 0.5) is 0 Å². The van der Waals surface area contributed by atoms with Gasteiger partial charge in [-0.2, -0.15) is 0 Å². The van der Waals surface area contributed by atoms with Gasteiger partial charge in [0.15, 0.2) is 17.7 Å². The molecule has 1 aromatic heterocycles. The van der Waals surface area contributed by atoms with E-state index in [4.69, 9.17) is 9.84 Å². The minimum absolute atomic E-state index is 0.0931. The second-order valence-corrected chi connectivity index (χ2v) is 3.32. The number of carbonyl (C=O) groups excluding carboxylic acids is 1. The molecule has 0 amide bonds. The third kappa shape index (κ3) is 2.12. The molecule has 1 heterocycles. The van der Waals surface area contributed by atoms with E-state index in [1.165, 1.54) is 12.1 Å². The molecule has 1 aliphatic rings. The monoisotopic (exact) mass is 207 g/mol. The fourth-order valence-electron chi connectivity index (χ4n) is 1.14. The number of hydrogen-bond donors (Lipinski definition) is 1. The largest absolute Gasteiger partial charge is 0.488 e. The summed E-state index contributed by atoms with van der Waals surface area (Å²) in [5.41, 5.74) is -0.109. The molecule has 0 aromatic carbocycles. The maximum atomic E-state index is 10.8. The molecule has 5 heteroatoms. The third-order valence-electron chi connectivity index (χ3n) is 2.02. The molecule has 0 saturated heterocycles. The first kappa shape index (κ1) is 9.64. The van der Waals surface area contributed by atoms with Gasteiger partial charge in [-0.25, -0.2) is 9.78 Å². The number of ether oxygens (including phenoxy) is 1. The molecule has 1 aromatic rings. The number of aldehydes is 1. The van der Waals surface area contributed by atoms with E-state index in [1.54, 1.807) is 0 Å². The van der Waals surface area contributed by atoms with Crippen LogP contribution in [-0.4, -0.2) is 28.4 Å². The van der Waals surface area contributed by atoms with Gasteiger partial charge < -0.3 is 9.84 Å². The van der Waals surface area contributed by atoms with Gasteiger partial charge in [-0.15, -0.1) is 0 Å². The first-order valence-corrected chi connectivity index (χ1v) is 4.57. The zero-order valence-corrected chi connectivity index (χ0v) is 7.84. The number of carboxylic acid groups (broad SMARTS) is 1. The summed E-state index contributed by atoms with van der Waals surface area (Å²) in [5, 5.41) is 8.86. The molecular formula is C10H9NO4. The van der Waals surface area contributed by atoms with E-state index >= 15 is 0 Å². The van der Waals surface area contributed by atoms with Gasteiger partial charge in [0.05, 0.1) is 6.10 Å². The van der Waals surface area contributed by atoms with Crippen LogP contribution in [0.15, 0.2) is 12.1 Å². The standard InChI is InChI=1S/C10H9NO4/c12-5-6-1-4-8(15-7-2-3-7)9(11-6)10(13)14/h1,4-5,7H,2-3H2,(H,13,14). The van der Waals surface area contributed by atoms with E-state index in [0.717, 1.165) is 12.8 Å². The minimum Gasteiger partial charge on any atom is -0.488 e. The van der Waals surface area contributed by atoms with Crippen LogP contribution in [0.25, 0.3) is 0 Å². The van der Waals surface area contributed by atoms with Gasteiger partial charge in [-0.3, -0.25) is 4.79 Å². The third-order valence-corrected chi connectivity index (χ3v) is 2.02. The Morgan fingerprint density at radius 1 is 1.53 bits per heavy atom. The molecule has 2 rings (SSSR count). The van der Waals surface area contributed by atoms with Crippen molar-refractivity contribution in [2.75, 3.05) is 0 Å². The smallest absolute Gasteiger partial charge is 0.358 e. The van der Waals surface area contributed by atoms with Crippen molar-refractivity contribution >= 4 is 12.3 Å². The number of nitrogens with zero attached hydrogens (tertiary/aromatic N) is 1. The normalized spacial score (nSPS) is 14.7. The Hall–Kier alpha value is -1.91. The van der Waals surface area contributed by atoms with Crippen LogP contribution in [0.5, 0.6) is 5.75 Å². The summed E-state index contributed by atoms with van der Waals surface area (Å²) < 4.78 is 5.36. The van der Waals surface area contributed by atoms with E-state index in [1.807, 2.05) is 0 Å². The van der Waals surface area contributed by atoms with Crippen molar-refractivity contribution in [3.63, 3.8) is 0 Å². The molecule has 0 unspecified atom stereocenters. The van der Waals surface area contributed by atoms with Gasteiger partial charge in [0.1, 0.15) is 5.69 Å². The fourth-order valence-corrected chi connectivity index (χ4v) is 1.14. The van der Waals surface area contributed by atoms with Crippen molar-refractivity contribution in [1.29, 1.82) is 0 Å². The molecule has 1 saturated carbocycles. The Balaban J connectivity index is 2.33. The quantitative estimate of drug-likeness (QED) is 0.749. The van der Waals surface area contributed by atoms with E-state index in [0.29, 0.717) is 6.29 Å². The molecule has 0 spiro atoms. The van der Waals surface area contributed by atoms with Gasteiger partial charge in [0, 0.05) is 0 Å². The second kappa shape index (κ2) is 3.68. The molecule has 1 N–H and O–H groups in total. The highest BCUT2D eigenvalue weighted by Crippen LogP contribution is 2.28. The van der Waals surface area contributed by atoms with Crippen molar-refractivity contribution in [2.45, 2.75) is 18.9 Å². The lowest BCUT2D eigenvalue weighted by atomic mass is 10.3. The fraction of sp³-hybridized carbons (Fsp3) is 0.300. The van der Waals surface area contributed by atoms with E-state index in [9.17, 15) is 9.59 Å². The van der Waals surface area contributed by atoms with Crippen LogP contribution in [0.1, 0.15) is 33.8 Å². The molecule has 15 heavy (non-hydrogen) atoms. The predicted octanol–water partition coefficient (Wildman–Crippen LogP) is 1.13. The lowest BCUT2D eigenvalue weighted by molar-refractivity contribution is 0.0685. The number of aromatic nitrogens is 1. The summed E-state index contributed by atoms with van der Waals surface area (Å²) in [4.78, 5) is 24.9. The van der Waals surface area contributed by atoms with E-state index in [-0.39, 0.29) is 23.2 Å². The van der Waals surface area contributed by atoms with Crippen LogP contribution >= 0.6 is 0 Å². The molecular weight excluding hydrogens is 198 g/mol. The summed E-state index contributed by atoms with van der Waals surface area (Å²) in [6.07, 6.45) is 2.49. The predicted molar refractivity (Wildman–Crippen MR) is 50.2 cm³/mol. The molecule has 5 nitrogen and oxygen atoms in total. The molecule has 0 atom stereocenters. The second-order valence-electron chi connectivity index (χ2n) is 3.32. The van der Waals surface area contributed by atoms with Crippen LogP contribution in [-0.2, 0) is 0 Å². The average molecular weight is 207 g/mol. The molecule has 0 bridgehead atoms. The lowest BCUT2D eigenvalue weighted by Gasteiger charge is -2.06. The van der Waals surface area contributed by atoms with Gasteiger partial charge in [0.2, 0.25) is 0 Å². The Morgan fingerprint density at radius 2 is 2.27 bits per heavy atom. The summed E-state index contributed by atoms with van der Waals surface area (Å²) in [5.74, 6) is -0.954. The minimum atomic E-state index is -1.19. The zero-order chi connectivity index (χ0) is 10.8. The molecule has 1 fully saturated rings. The number of rotatable bonds is 4. The van der Waals surface area contributed by atoms with Crippen LogP contribution < -0.4 is 4.74 Å².